The normalized spacial score (nSPS) is 14.9. The quantitative estimate of drug-likeness (QED) is 0.642. The summed E-state index contributed by atoms with van der Waals surface area (Å²) in [6.45, 7) is 3.52. The highest BCUT2D eigenvalue weighted by atomic mass is 35.5. The first-order valence-electron chi connectivity index (χ1n) is 10.0. The van der Waals surface area contributed by atoms with Crippen molar-refractivity contribution in [3.63, 3.8) is 0 Å². The molecule has 0 atom stereocenters. The average molecular weight is 427 g/mol. The molecule has 0 unspecified atom stereocenters. The summed E-state index contributed by atoms with van der Waals surface area (Å²) in [5, 5.41) is 0.574. The number of carbonyl (C=O) groups excluding carboxylic acids is 1. The number of benzene rings is 1. The lowest BCUT2D eigenvalue weighted by atomic mass is 9.99. The van der Waals surface area contributed by atoms with Gasteiger partial charge in [0.25, 0.3) is 5.56 Å². The first kappa shape index (κ1) is 20.3. The largest absolute Gasteiger partial charge is 0.341 e. The van der Waals surface area contributed by atoms with Crippen LogP contribution < -0.4 is 11.2 Å². The second-order valence-electron chi connectivity index (χ2n) is 7.82. The van der Waals surface area contributed by atoms with Crippen LogP contribution in [0.2, 0.25) is 5.02 Å². The van der Waals surface area contributed by atoms with Gasteiger partial charge in [-0.3, -0.25) is 18.7 Å². The van der Waals surface area contributed by atoms with Gasteiger partial charge in [-0.15, -0.1) is 0 Å². The highest BCUT2D eigenvalue weighted by Crippen LogP contribution is 2.17. The van der Waals surface area contributed by atoms with Gasteiger partial charge in [-0.1, -0.05) is 30.7 Å². The number of pyridine rings is 1. The van der Waals surface area contributed by atoms with E-state index in [1.807, 2.05) is 0 Å². The molecule has 1 aliphatic heterocycles. The highest BCUT2D eigenvalue weighted by molar-refractivity contribution is 6.30. The van der Waals surface area contributed by atoms with Crippen LogP contribution in [-0.2, 0) is 17.9 Å². The van der Waals surface area contributed by atoms with Gasteiger partial charge in [0.1, 0.15) is 6.54 Å². The van der Waals surface area contributed by atoms with Crippen LogP contribution in [0.25, 0.3) is 11.0 Å². The number of hydrogen-bond acceptors (Lipinski definition) is 4. The molecule has 8 heteroatoms. The molecule has 1 fully saturated rings. The van der Waals surface area contributed by atoms with E-state index in [1.54, 1.807) is 41.3 Å². The van der Waals surface area contributed by atoms with Crippen LogP contribution in [0.15, 0.2) is 52.2 Å². The minimum absolute atomic E-state index is 0.0801. The second kappa shape index (κ2) is 8.44. The second-order valence-corrected chi connectivity index (χ2v) is 8.26. The molecule has 0 radical (unpaired) electrons. The minimum Gasteiger partial charge on any atom is -0.341 e. The van der Waals surface area contributed by atoms with E-state index < -0.39 is 11.2 Å². The van der Waals surface area contributed by atoms with Crippen molar-refractivity contribution in [3.8, 4) is 0 Å². The zero-order valence-electron chi connectivity index (χ0n) is 16.8. The molecule has 0 aliphatic carbocycles. The maximum absolute atomic E-state index is 13.2. The van der Waals surface area contributed by atoms with E-state index in [4.69, 9.17) is 11.6 Å². The molecule has 4 rings (SSSR count). The van der Waals surface area contributed by atoms with Crippen LogP contribution >= 0.6 is 11.6 Å². The SMILES string of the molecule is CC1CCN(C(=O)Cn2c(=O)n(Cc3ccc(Cl)cc3)c(=O)c3ncccc32)CC1. The molecule has 0 spiro atoms. The fraction of sp³-hybridized carbons (Fsp3) is 0.364. The summed E-state index contributed by atoms with van der Waals surface area (Å²) in [6, 6.07) is 10.3. The lowest BCUT2D eigenvalue weighted by molar-refractivity contribution is -0.133. The molecule has 3 aromatic rings. The number of fused-ring (bicyclic) bond motifs is 1. The van der Waals surface area contributed by atoms with Gasteiger partial charge in [0, 0.05) is 24.3 Å². The summed E-state index contributed by atoms with van der Waals surface area (Å²) >= 11 is 5.93. The number of hydrogen-bond donors (Lipinski definition) is 0. The molecule has 0 saturated carbocycles. The van der Waals surface area contributed by atoms with E-state index in [0.29, 0.717) is 29.5 Å². The van der Waals surface area contributed by atoms with Crippen molar-refractivity contribution in [2.75, 3.05) is 13.1 Å². The fourth-order valence-corrected chi connectivity index (χ4v) is 3.93. The molecule has 0 bridgehead atoms. The van der Waals surface area contributed by atoms with E-state index in [-0.39, 0.29) is 24.5 Å². The zero-order chi connectivity index (χ0) is 21.3. The van der Waals surface area contributed by atoms with Gasteiger partial charge < -0.3 is 4.90 Å². The molecule has 30 heavy (non-hydrogen) atoms. The van der Waals surface area contributed by atoms with Crippen molar-refractivity contribution >= 4 is 28.5 Å². The highest BCUT2D eigenvalue weighted by Gasteiger charge is 2.23. The van der Waals surface area contributed by atoms with E-state index in [0.717, 1.165) is 23.0 Å². The standard InChI is InChI=1S/C22H23ClN4O3/c1-15-8-11-25(12-9-15)19(28)14-26-18-3-2-10-24-20(18)21(29)27(22(26)30)13-16-4-6-17(23)7-5-16/h2-7,10,15H,8-9,11-14H2,1H3. The number of aromatic nitrogens is 3. The predicted octanol–water partition coefficient (Wildman–Crippen LogP) is 2.52. The molecule has 3 heterocycles. The molecule has 1 saturated heterocycles. The summed E-state index contributed by atoms with van der Waals surface area (Å²) in [7, 11) is 0. The van der Waals surface area contributed by atoms with Crippen molar-refractivity contribution in [3.05, 3.63) is 74.0 Å². The molecule has 0 N–H and O–H groups in total. The van der Waals surface area contributed by atoms with E-state index in [2.05, 4.69) is 11.9 Å². The van der Waals surface area contributed by atoms with E-state index >= 15 is 0 Å². The smallest absolute Gasteiger partial charge is 0.332 e. The lowest BCUT2D eigenvalue weighted by Crippen LogP contribution is -2.45. The van der Waals surface area contributed by atoms with Gasteiger partial charge >= 0.3 is 5.69 Å². The number of nitrogens with zero attached hydrogens (tertiary/aromatic N) is 4. The van der Waals surface area contributed by atoms with Crippen LogP contribution in [0.1, 0.15) is 25.3 Å². The molecule has 7 nitrogen and oxygen atoms in total. The Labute approximate surface area is 178 Å². The van der Waals surface area contributed by atoms with Crippen LogP contribution in [0.5, 0.6) is 0 Å². The van der Waals surface area contributed by atoms with Crippen molar-refractivity contribution < 1.29 is 4.79 Å². The number of rotatable bonds is 4. The fourth-order valence-electron chi connectivity index (χ4n) is 3.80. The van der Waals surface area contributed by atoms with Crippen LogP contribution in [-0.4, -0.2) is 38.0 Å². The van der Waals surface area contributed by atoms with Crippen molar-refractivity contribution in [1.29, 1.82) is 0 Å². The Balaban J connectivity index is 1.75. The monoisotopic (exact) mass is 426 g/mol. The molecular weight excluding hydrogens is 404 g/mol. The van der Waals surface area contributed by atoms with E-state index in [1.165, 1.54) is 10.8 Å². The number of halogens is 1. The first-order chi connectivity index (χ1) is 14.4. The Morgan fingerprint density at radius 2 is 1.80 bits per heavy atom. The number of amides is 1. The molecular formula is C22H23ClN4O3. The van der Waals surface area contributed by atoms with Gasteiger partial charge in [0.15, 0.2) is 5.52 Å². The van der Waals surface area contributed by atoms with Crippen molar-refractivity contribution in [2.24, 2.45) is 5.92 Å². The minimum atomic E-state index is -0.519. The van der Waals surface area contributed by atoms with Crippen LogP contribution in [0, 0.1) is 5.92 Å². The lowest BCUT2D eigenvalue weighted by Gasteiger charge is -2.30. The van der Waals surface area contributed by atoms with Gasteiger partial charge in [-0.2, -0.15) is 0 Å². The predicted molar refractivity (Wildman–Crippen MR) is 116 cm³/mol. The Morgan fingerprint density at radius 1 is 1.10 bits per heavy atom. The third-order valence-electron chi connectivity index (χ3n) is 5.67. The Morgan fingerprint density at radius 3 is 2.50 bits per heavy atom. The summed E-state index contributed by atoms with van der Waals surface area (Å²) in [5.74, 6) is 0.480. The van der Waals surface area contributed by atoms with Crippen molar-refractivity contribution in [1.82, 2.24) is 19.0 Å². The summed E-state index contributed by atoms with van der Waals surface area (Å²) in [4.78, 5) is 45.1. The maximum Gasteiger partial charge on any atom is 0.332 e. The third-order valence-corrected chi connectivity index (χ3v) is 5.92. The molecule has 1 aromatic carbocycles. The molecule has 2 aromatic heterocycles. The van der Waals surface area contributed by atoms with Gasteiger partial charge in [0.2, 0.25) is 5.91 Å². The summed E-state index contributed by atoms with van der Waals surface area (Å²) in [6.07, 6.45) is 3.43. The Bertz CT molecular complexity index is 1190. The van der Waals surface area contributed by atoms with Crippen LogP contribution in [0.3, 0.4) is 0 Å². The zero-order valence-corrected chi connectivity index (χ0v) is 17.5. The summed E-state index contributed by atoms with van der Waals surface area (Å²) in [5.41, 5.74) is 0.316. The first-order valence-corrected chi connectivity index (χ1v) is 10.4. The number of piperidine rings is 1. The van der Waals surface area contributed by atoms with Crippen LogP contribution in [0.4, 0.5) is 0 Å². The third kappa shape index (κ3) is 4.03. The topological polar surface area (TPSA) is 77.2 Å². The summed E-state index contributed by atoms with van der Waals surface area (Å²) < 4.78 is 2.49. The van der Waals surface area contributed by atoms with Gasteiger partial charge in [-0.25, -0.2) is 9.78 Å². The maximum atomic E-state index is 13.2. The number of likely N-dealkylation sites (tertiary alicyclic amines) is 1. The Hall–Kier alpha value is -2.93. The molecule has 1 amide bonds. The number of carbonyl (C=O) groups is 1. The van der Waals surface area contributed by atoms with Gasteiger partial charge in [0.05, 0.1) is 12.1 Å². The average Bonchev–Trinajstić information content (AvgIpc) is 2.76. The Kier molecular flexibility index (Phi) is 5.72. The van der Waals surface area contributed by atoms with Gasteiger partial charge in [-0.05, 0) is 48.6 Å². The molecule has 156 valence electrons. The van der Waals surface area contributed by atoms with E-state index in [9.17, 15) is 14.4 Å². The molecule has 1 aliphatic rings. The van der Waals surface area contributed by atoms with Crippen molar-refractivity contribution in [2.45, 2.75) is 32.9 Å².